The van der Waals surface area contributed by atoms with Crippen molar-refractivity contribution in [2.45, 2.75) is 31.3 Å². The summed E-state index contributed by atoms with van der Waals surface area (Å²) in [6.07, 6.45) is 3.73. The van der Waals surface area contributed by atoms with E-state index in [2.05, 4.69) is 21.6 Å². The minimum atomic E-state index is -0.252. The van der Waals surface area contributed by atoms with Crippen molar-refractivity contribution in [3.63, 3.8) is 0 Å². The van der Waals surface area contributed by atoms with Gasteiger partial charge >= 0.3 is 6.03 Å². The number of nitrogens with zero attached hydrogens (tertiary/aromatic N) is 2. The molecule has 23 heavy (non-hydrogen) atoms. The van der Waals surface area contributed by atoms with Gasteiger partial charge in [-0.2, -0.15) is 5.26 Å². The maximum atomic E-state index is 12.2. The fraction of sp³-hybridized carbons (Fsp3) is 0.529. The molecule has 0 spiro atoms. The van der Waals surface area contributed by atoms with Gasteiger partial charge in [-0.25, -0.2) is 4.79 Å². The molecule has 3 rings (SSSR count). The minimum Gasteiger partial charge on any atom is -0.378 e. The van der Waals surface area contributed by atoms with Crippen molar-refractivity contribution in [1.29, 1.82) is 5.26 Å². The van der Waals surface area contributed by atoms with Crippen LogP contribution in [0.4, 0.5) is 10.5 Å². The summed E-state index contributed by atoms with van der Waals surface area (Å²) in [5.41, 5.74) is 1.15. The number of hydrogen-bond donors (Lipinski definition) is 2. The Kier molecular flexibility index (Phi) is 5.11. The van der Waals surface area contributed by atoms with Crippen LogP contribution in [0, 0.1) is 11.3 Å². The second kappa shape index (κ2) is 7.44. The third-order valence-electron chi connectivity index (χ3n) is 4.48. The molecule has 0 bridgehead atoms. The largest absolute Gasteiger partial charge is 0.378 e. The van der Waals surface area contributed by atoms with Gasteiger partial charge in [0.2, 0.25) is 0 Å². The molecule has 0 aromatic heterocycles. The molecule has 2 heterocycles. The first kappa shape index (κ1) is 15.8. The number of carbonyl (C=O) groups excluding carboxylic acids is 1. The second-order valence-electron chi connectivity index (χ2n) is 6.10. The molecule has 2 N–H and O–H groups in total. The lowest BCUT2D eigenvalue weighted by molar-refractivity contribution is 0.125. The molecule has 1 aromatic rings. The van der Waals surface area contributed by atoms with Crippen LogP contribution in [-0.4, -0.2) is 49.3 Å². The number of nitrogens with one attached hydrogen (secondary N) is 2. The number of carbonyl (C=O) groups is 1. The monoisotopic (exact) mass is 314 g/mol. The molecule has 0 saturated carbocycles. The van der Waals surface area contributed by atoms with Crippen molar-refractivity contribution in [1.82, 2.24) is 10.2 Å². The number of ether oxygens (including phenoxy) is 1. The maximum Gasteiger partial charge on any atom is 0.319 e. The van der Waals surface area contributed by atoms with E-state index in [0.29, 0.717) is 24.5 Å². The van der Waals surface area contributed by atoms with Crippen molar-refractivity contribution < 1.29 is 9.53 Å². The highest BCUT2D eigenvalue weighted by molar-refractivity contribution is 5.89. The van der Waals surface area contributed by atoms with Gasteiger partial charge in [0.1, 0.15) is 0 Å². The molecule has 6 nitrogen and oxygen atoms in total. The topological polar surface area (TPSA) is 77.4 Å². The first-order chi connectivity index (χ1) is 11.3. The first-order valence-electron chi connectivity index (χ1n) is 8.16. The van der Waals surface area contributed by atoms with E-state index < -0.39 is 0 Å². The summed E-state index contributed by atoms with van der Waals surface area (Å²) in [6, 6.07) is 8.97. The summed E-state index contributed by atoms with van der Waals surface area (Å²) in [7, 11) is 0. The van der Waals surface area contributed by atoms with Gasteiger partial charge in [-0.3, -0.25) is 4.90 Å². The predicted molar refractivity (Wildman–Crippen MR) is 87.1 cm³/mol. The van der Waals surface area contributed by atoms with Gasteiger partial charge in [-0.1, -0.05) is 12.5 Å². The SMILES string of the molecule is N#Cc1cccc(NC(=O)N[C@@H]2COC[C@H]2N2CCCCC2)c1. The van der Waals surface area contributed by atoms with Crippen LogP contribution < -0.4 is 10.6 Å². The maximum absolute atomic E-state index is 12.2. The Labute approximate surface area is 136 Å². The third-order valence-corrected chi connectivity index (χ3v) is 4.48. The number of piperidine rings is 1. The Morgan fingerprint density at radius 3 is 2.87 bits per heavy atom. The molecular formula is C17H22N4O2. The third kappa shape index (κ3) is 4.01. The molecule has 2 amide bonds. The van der Waals surface area contributed by atoms with Crippen LogP contribution in [0.5, 0.6) is 0 Å². The predicted octanol–water partition coefficient (Wildman–Crippen LogP) is 1.93. The summed E-state index contributed by atoms with van der Waals surface area (Å²) >= 11 is 0. The smallest absolute Gasteiger partial charge is 0.319 e. The normalized spacial score (nSPS) is 24.8. The molecule has 0 radical (unpaired) electrons. The number of hydrogen-bond acceptors (Lipinski definition) is 4. The lowest BCUT2D eigenvalue weighted by atomic mass is 10.1. The van der Waals surface area contributed by atoms with E-state index in [1.54, 1.807) is 24.3 Å². The van der Waals surface area contributed by atoms with E-state index in [9.17, 15) is 4.79 Å². The lowest BCUT2D eigenvalue weighted by Crippen LogP contribution is -2.53. The number of anilines is 1. The Balaban J connectivity index is 1.57. The van der Waals surface area contributed by atoms with Gasteiger partial charge in [-0.05, 0) is 44.1 Å². The molecule has 1 aromatic carbocycles. The molecule has 6 heteroatoms. The number of nitriles is 1. The quantitative estimate of drug-likeness (QED) is 0.894. The highest BCUT2D eigenvalue weighted by atomic mass is 16.5. The van der Waals surface area contributed by atoms with E-state index in [-0.39, 0.29) is 18.1 Å². The van der Waals surface area contributed by atoms with Crippen LogP contribution in [0.25, 0.3) is 0 Å². The van der Waals surface area contributed by atoms with E-state index in [0.717, 1.165) is 13.1 Å². The van der Waals surface area contributed by atoms with Gasteiger partial charge in [0, 0.05) is 5.69 Å². The van der Waals surface area contributed by atoms with Crippen LogP contribution in [-0.2, 0) is 4.74 Å². The number of benzene rings is 1. The Hall–Kier alpha value is -2.10. The van der Waals surface area contributed by atoms with Crippen molar-refractivity contribution in [3.05, 3.63) is 29.8 Å². The molecule has 2 atom stereocenters. The van der Waals surface area contributed by atoms with Crippen molar-refractivity contribution in [2.75, 3.05) is 31.6 Å². The second-order valence-corrected chi connectivity index (χ2v) is 6.10. The summed E-state index contributed by atoms with van der Waals surface area (Å²) in [4.78, 5) is 14.6. The summed E-state index contributed by atoms with van der Waals surface area (Å²) in [6.45, 7) is 3.39. The zero-order valence-corrected chi connectivity index (χ0v) is 13.1. The standard InChI is InChI=1S/C17H22N4O2/c18-10-13-5-4-6-14(9-13)19-17(22)20-15-11-23-12-16(15)21-7-2-1-3-8-21/h4-6,9,15-16H,1-3,7-8,11-12H2,(H2,19,20,22)/t15-,16-/m1/s1. The average Bonchev–Trinajstić information content (AvgIpc) is 3.03. The number of amides is 2. The highest BCUT2D eigenvalue weighted by Crippen LogP contribution is 2.19. The number of urea groups is 1. The molecule has 122 valence electrons. The van der Waals surface area contributed by atoms with Gasteiger partial charge in [0.25, 0.3) is 0 Å². The van der Waals surface area contributed by atoms with Gasteiger partial charge in [0.15, 0.2) is 0 Å². The van der Waals surface area contributed by atoms with Crippen molar-refractivity contribution >= 4 is 11.7 Å². The van der Waals surface area contributed by atoms with Crippen molar-refractivity contribution in [3.8, 4) is 6.07 Å². The van der Waals surface area contributed by atoms with Gasteiger partial charge in [-0.15, -0.1) is 0 Å². The fourth-order valence-corrected chi connectivity index (χ4v) is 3.29. The molecule has 0 unspecified atom stereocenters. The average molecular weight is 314 g/mol. The zero-order valence-electron chi connectivity index (χ0n) is 13.1. The fourth-order valence-electron chi connectivity index (χ4n) is 3.29. The molecule has 0 aliphatic carbocycles. The van der Waals surface area contributed by atoms with Crippen molar-refractivity contribution in [2.24, 2.45) is 0 Å². The lowest BCUT2D eigenvalue weighted by Gasteiger charge is -2.34. The van der Waals surface area contributed by atoms with Gasteiger partial charge < -0.3 is 15.4 Å². The van der Waals surface area contributed by atoms with Crippen LogP contribution in [0.2, 0.25) is 0 Å². The molecule has 2 saturated heterocycles. The van der Waals surface area contributed by atoms with E-state index in [1.807, 2.05) is 0 Å². The summed E-state index contributed by atoms with van der Waals surface area (Å²) < 4.78 is 5.58. The Morgan fingerprint density at radius 2 is 2.09 bits per heavy atom. The first-order valence-corrected chi connectivity index (χ1v) is 8.16. The number of likely N-dealkylation sites (tertiary alicyclic amines) is 1. The van der Waals surface area contributed by atoms with E-state index in [4.69, 9.17) is 10.00 Å². The van der Waals surface area contributed by atoms with E-state index >= 15 is 0 Å². The zero-order chi connectivity index (χ0) is 16.1. The minimum absolute atomic E-state index is 0.00671. The Morgan fingerprint density at radius 1 is 1.26 bits per heavy atom. The van der Waals surface area contributed by atoms with E-state index in [1.165, 1.54) is 19.3 Å². The van der Waals surface area contributed by atoms with Crippen LogP contribution >= 0.6 is 0 Å². The van der Waals surface area contributed by atoms with Crippen LogP contribution in [0.3, 0.4) is 0 Å². The highest BCUT2D eigenvalue weighted by Gasteiger charge is 2.34. The summed E-state index contributed by atoms with van der Waals surface area (Å²) in [5.74, 6) is 0. The van der Waals surface area contributed by atoms with Crippen LogP contribution in [0.1, 0.15) is 24.8 Å². The van der Waals surface area contributed by atoms with Gasteiger partial charge in [0.05, 0.1) is 36.9 Å². The molecule has 2 aliphatic rings. The van der Waals surface area contributed by atoms with Crippen LogP contribution in [0.15, 0.2) is 24.3 Å². The Bertz CT molecular complexity index is 593. The number of rotatable bonds is 3. The molecule has 2 fully saturated rings. The molecular weight excluding hydrogens is 292 g/mol. The molecule has 2 aliphatic heterocycles. The summed E-state index contributed by atoms with van der Waals surface area (Å²) in [5, 5.41) is 14.7.